The third kappa shape index (κ3) is 22.8. The number of likely N-dealkylation sites (N-methyl/N-ethyl adjacent to an activating group) is 1. The van der Waals surface area contributed by atoms with Gasteiger partial charge in [-0.3, -0.25) is 62.5 Å². The van der Waals surface area contributed by atoms with Gasteiger partial charge in [-0.1, -0.05) is 126 Å². The molecule has 11 rings (SSSR count). The molecule has 3 fully saturated rings. The number of carboxylic acid groups (broad SMARTS) is 4. The van der Waals surface area contributed by atoms with Crippen LogP contribution in [0.5, 0.6) is 5.75 Å². The van der Waals surface area contributed by atoms with Crippen molar-refractivity contribution in [1.29, 1.82) is 0 Å². The number of carbonyl (C=O) groups is 14. The molecular weight excluding hydrogens is 1720 g/mol. The number of Topliss-reactive ketones (excluding diaryl/α,β-unsaturated/α-hetero) is 3. The van der Waals surface area contributed by atoms with Gasteiger partial charge in [0.05, 0.1) is 56.1 Å². The summed E-state index contributed by atoms with van der Waals surface area (Å²) < 4.78 is 16.7. The molecule has 4 aromatic carbocycles. The van der Waals surface area contributed by atoms with Crippen molar-refractivity contribution in [2.24, 2.45) is 28.9 Å². The van der Waals surface area contributed by atoms with Crippen molar-refractivity contribution in [2.45, 2.75) is 214 Å². The highest BCUT2D eigenvalue weighted by atomic mass is 33.1. The number of alkyl carbamates (subject to hydrolysis) is 1. The van der Waals surface area contributed by atoms with Crippen molar-refractivity contribution in [3.05, 3.63) is 143 Å². The Morgan fingerprint density at radius 2 is 1.41 bits per heavy atom. The Morgan fingerprint density at radius 3 is 2.08 bits per heavy atom. The van der Waals surface area contributed by atoms with E-state index in [1.807, 2.05) is 43.2 Å². The molecule has 1 spiro atoms. The summed E-state index contributed by atoms with van der Waals surface area (Å²) in [5.74, 6) is -13.4. The van der Waals surface area contributed by atoms with Gasteiger partial charge in [0, 0.05) is 158 Å². The van der Waals surface area contributed by atoms with Gasteiger partial charge in [-0.2, -0.15) is 0 Å². The second-order valence-electron chi connectivity index (χ2n) is 35.3. The minimum atomic E-state index is -2.51. The lowest BCUT2D eigenvalue weighted by Gasteiger charge is -2.63. The van der Waals surface area contributed by atoms with Crippen molar-refractivity contribution in [2.75, 3.05) is 83.0 Å². The van der Waals surface area contributed by atoms with E-state index in [-0.39, 0.29) is 68.8 Å². The number of benzene rings is 4. The molecule has 1 saturated carbocycles. The zero-order valence-corrected chi connectivity index (χ0v) is 75.4. The number of ketones is 3. The Kier molecular flexibility index (Phi) is 33.6. The number of rotatable bonds is 46. The topological polar surface area (TPSA) is 544 Å². The van der Waals surface area contributed by atoms with Gasteiger partial charge < -0.3 is 103 Å². The average Bonchev–Trinajstić information content (AvgIpc) is 1.47. The van der Waals surface area contributed by atoms with Crippen LogP contribution in [0.25, 0.3) is 10.9 Å². The van der Waals surface area contributed by atoms with Gasteiger partial charge in [-0.05, 0) is 118 Å². The maximum atomic E-state index is 15.5. The van der Waals surface area contributed by atoms with Crippen molar-refractivity contribution in [3.8, 4) is 5.75 Å². The summed E-state index contributed by atoms with van der Waals surface area (Å²) in [6.45, 7) is 9.30. The number of urea groups is 1. The zero-order chi connectivity index (χ0) is 94.2. The number of fused-ring (bicyclic) bond motifs is 6. The molecule has 4 unspecified atom stereocenters. The van der Waals surface area contributed by atoms with Crippen molar-refractivity contribution in [1.82, 2.24) is 52.0 Å². The molecule has 5 aliphatic heterocycles. The standard InChI is InChI=1S/C92H120N12O24S2/c1-7-89(124)46-56-28-32-88(4,78-60(30-35-103(49-56)51-89)59-22-15-16-23-64(59)98-78)62-42-61-68(44-71(62)126-6)102(5)84-91(61)45-53(3)104-34-17-31-90(8-2,83(91)104)85(121)92(84,125)72(108)48-96-87(123)127-36-37-129-130-50-58(81(117)118)41-70(107)67(43-77(113)114)99-80(116)63(93)47-95-79(115)57(38-54-18-11-9-12-19-54)40-69(106)66(39-55-20-13-10-14-21-55)97-74(110)29-33-94-73(109)25-24-65(82(119)120)100-86(122)101-75(128-52-105)26-27-76(111)112/h9-23,31,42,44,52-53,56-58,63,65-67,75,83-85,98,121,124-125H,7-8,24-30,32-41,43,45-51,93H2,1-6H3,(H,94,109)(H,95,115)(H,96,123)(H,97,110)(H,99,116)(H,111,112)(H,113,114)(H,117,118)(H,119,120)(H2,100,101,122)/t53?,56?,57-,58+,63+,65+,66+,67+,75-,83+,84?,85-,88-,89+,90-,91-,92+/m1/s1. The molecule has 6 heterocycles. The molecule has 0 radical (unpaired) electrons. The second kappa shape index (κ2) is 43.8. The number of amides is 7. The number of aliphatic carboxylic acids is 4. The van der Waals surface area contributed by atoms with Gasteiger partial charge in [-0.25, -0.2) is 14.4 Å². The molecule has 18 atom stereocenters. The van der Waals surface area contributed by atoms with E-state index in [0.29, 0.717) is 62.1 Å². The number of methoxy groups -OCH3 is 1. The lowest BCUT2D eigenvalue weighted by atomic mass is 9.47. The highest BCUT2D eigenvalue weighted by Gasteiger charge is 2.79. The van der Waals surface area contributed by atoms with Gasteiger partial charge in [0.2, 0.25) is 23.6 Å². The number of hydrogen-bond donors (Lipinski definition) is 16. The Hall–Kier alpha value is -11.0. The maximum absolute atomic E-state index is 15.5. The Bertz CT molecular complexity index is 5010. The number of para-hydroxylation sites is 1. The van der Waals surface area contributed by atoms with Gasteiger partial charge in [-0.15, -0.1) is 0 Å². The van der Waals surface area contributed by atoms with E-state index in [1.165, 1.54) is 5.56 Å². The number of aliphatic hydroxyl groups excluding tert-OH is 1. The van der Waals surface area contributed by atoms with E-state index >= 15 is 4.79 Å². The first kappa shape index (κ1) is 99.6. The molecule has 2 bridgehead atoms. The average molecular weight is 1840 g/mol. The maximum Gasteiger partial charge on any atom is 0.407 e. The first-order chi connectivity index (χ1) is 62.0. The van der Waals surface area contributed by atoms with Crippen LogP contribution in [0, 0.1) is 23.2 Å². The van der Waals surface area contributed by atoms with E-state index in [1.54, 1.807) is 67.8 Å². The fourth-order valence-electron chi connectivity index (χ4n) is 20.5. The monoisotopic (exact) mass is 1840 g/mol. The van der Waals surface area contributed by atoms with E-state index in [4.69, 9.17) is 20.3 Å². The van der Waals surface area contributed by atoms with E-state index < -0.39 is 216 Å². The highest BCUT2D eigenvalue weighted by Crippen LogP contribution is 2.69. The third-order valence-electron chi connectivity index (χ3n) is 26.9. The number of aromatic nitrogens is 1. The predicted molar refractivity (Wildman–Crippen MR) is 480 cm³/mol. The Balaban J connectivity index is 0.678. The molecule has 130 heavy (non-hydrogen) atoms. The number of anilines is 1. The number of hydrogen-bond acceptors (Lipinski definition) is 26. The van der Waals surface area contributed by atoms with Gasteiger partial charge in [0.1, 0.15) is 30.5 Å². The summed E-state index contributed by atoms with van der Waals surface area (Å²) >= 11 is 0. The van der Waals surface area contributed by atoms with Crippen LogP contribution < -0.4 is 52.6 Å². The summed E-state index contributed by atoms with van der Waals surface area (Å²) in [6, 6.07) is 20.7. The SMILES string of the molecule is CC[C@]1(O)CC2CC[C@](C)(c3cc4c(cc3OC)N(C)C3[C@]45CC(C)N4CC=C[C@@](CC)([C@@H](O)[C@]3(O)C(=O)CNC(=O)OCCSSC[C@H](CC(=O)[C@H](CC(=O)O)NC(=O)[C@@H](N)CNC(=O)[C@@H](CC(=O)[C@H](Cc3ccccc3)NC(=O)CCNC(=O)CC[C@H](NC(=O)N[C@@H](CCC(=O)O)OC=O)C(=O)O)Cc3ccccc3)C(=O)O)[C@H]45)c3[nH]c4ccccc4c3CCN(C2)C1. The van der Waals surface area contributed by atoms with Crippen LogP contribution >= 0.6 is 21.6 Å². The lowest BCUT2D eigenvalue weighted by Crippen LogP contribution is -2.81. The number of aliphatic hydroxyl groups is 3. The molecular formula is C92H120N12O24S2. The minimum Gasteiger partial charge on any atom is -0.496 e. The first-order valence-electron chi connectivity index (χ1n) is 44.1. The molecule has 36 nitrogen and oxygen atoms in total. The largest absolute Gasteiger partial charge is 0.496 e. The normalized spacial score (nSPS) is 25.1. The molecule has 2 saturated heterocycles. The molecule has 38 heteroatoms. The number of piperidine rings is 1. The number of aromatic amines is 1. The van der Waals surface area contributed by atoms with Gasteiger partial charge >= 0.3 is 36.0 Å². The lowest BCUT2D eigenvalue weighted by molar-refractivity contribution is -0.201. The van der Waals surface area contributed by atoms with Crippen LogP contribution in [0.1, 0.15) is 151 Å². The van der Waals surface area contributed by atoms with Crippen molar-refractivity contribution < 1.29 is 117 Å². The Morgan fingerprint density at radius 1 is 0.715 bits per heavy atom. The van der Waals surface area contributed by atoms with Gasteiger partial charge in [0.15, 0.2) is 29.2 Å². The molecule has 1 aliphatic carbocycles. The number of ether oxygens (including phenoxy) is 3. The van der Waals surface area contributed by atoms with E-state index in [0.717, 1.165) is 80.9 Å². The fraction of sp³-hybridized carbons (Fsp3) is 0.543. The summed E-state index contributed by atoms with van der Waals surface area (Å²) in [4.78, 5) is 194. The smallest absolute Gasteiger partial charge is 0.407 e. The van der Waals surface area contributed by atoms with E-state index in [9.17, 15) is 93.0 Å². The first-order valence-corrected chi connectivity index (χ1v) is 46.6. The molecule has 704 valence electrons. The number of nitrogens with one attached hydrogen (secondary N) is 8. The molecule has 7 amide bonds. The summed E-state index contributed by atoms with van der Waals surface area (Å²) in [6.07, 6.45) is -0.149. The number of carboxylic acids is 4. The summed E-state index contributed by atoms with van der Waals surface area (Å²) in [5.41, 5.74) is 7.17. The van der Waals surface area contributed by atoms with Crippen LogP contribution in [-0.2, 0) is 97.1 Å². The van der Waals surface area contributed by atoms with Crippen LogP contribution in [-0.4, -0.2) is 278 Å². The number of nitrogens with two attached hydrogens (primary N) is 1. The fourth-order valence-corrected chi connectivity index (χ4v) is 22.6. The van der Waals surface area contributed by atoms with Crippen molar-refractivity contribution in [3.63, 3.8) is 0 Å². The predicted octanol–water partition coefficient (Wildman–Crippen LogP) is 4.56. The number of nitrogens with zero attached hydrogens (tertiary/aromatic N) is 3. The van der Waals surface area contributed by atoms with Crippen LogP contribution in [0.3, 0.4) is 0 Å². The van der Waals surface area contributed by atoms with Crippen molar-refractivity contribution >= 4 is 122 Å². The van der Waals surface area contributed by atoms with Gasteiger partial charge in [0.25, 0.3) is 6.47 Å². The third-order valence-corrected chi connectivity index (χ3v) is 29.3. The molecule has 5 aromatic rings. The Labute approximate surface area is 760 Å². The molecule has 17 N–H and O–H groups in total. The summed E-state index contributed by atoms with van der Waals surface area (Å²) in [7, 11) is 5.56. The molecule has 6 aliphatic rings. The number of carbonyl (C=O) groups excluding carboxylic acids is 10. The van der Waals surface area contributed by atoms with Crippen LogP contribution in [0.4, 0.5) is 15.3 Å². The minimum absolute atomic E-state index is 0.0336. The number of H-pyrrole nitrogens is 1. The van der Waals surface area contributed by atoms with Crippen LogP contribution in [0.2, 0.25) is 0 Å². The highest BCUT2D eigenvalue weighted by molar-refractivity contribution is 8.76. The zero-order valence-electron chi connectivity index (χ0n) is 73.8. The summed E-state index contributed by atoms with van der Waals surface area (Å²) in [5, 5.41) is 95.7. The quantitative estimate of drug-likeness (QED) is 0.00834. The second-order valence-corrected chi connectivity index (χ2v) is 37.9. The van der Waals surface area contributed by atoms with E-state index in [2.05, 4.69) is 102 Å². The van der Waals surface area contributed by atoms with Crippen LogP contribution in [0.15, 0.2) is 109 Å². The molecule has 1 aromatic heterocycles.